The highest BCUT2D eigenvalue weighted by atomic mass is 16.7. The summed E-state index contributed by atoms with van der Waals surface area (Å²) in [5.74, 6) is 0.492. The van der Waals surface area contributed by atoms with E-state index in [-0.39, 0.29) is 12.2 Å². The number of rotatable bonds is 9. The Bertz CT molecular complexity index is 573. The molecule has 6 heteroatoms. The van der Waals surface area contributed by atoms with Crippen LogP contribution in [0.15, 0.2) is 48.2 Å². The summed E-state index contributed by atoms with van der Waals surface area (Å²) in [6.45, 7) is 4.72. The fraction of sp³-hybridized carbons (Fsp3) is 0.474. The van der Waals surface area contributed by atoms with E-state index < -0.39 is 18.2 Å². The van der Waals surface area contributed by atoms with E-state index in [2.05, 4.69) is 6.58 Å². The van der Waals surface area contributed by atoms with E-state index in [0.717, 1.165) is 62.4 Å². The van der Waals surface area contributed by atoms with E-state index in [9.17, 15) is 9.59 Å². The summed E-state index contributed by atoms with van der Waals surface area (Å²) in [5, 5.41) is 0. The molecule has 0 saturated carbocycles. The van der Waals surface area contributed by atoms with Crippen LogP contribution in [0.1, 0.15) is 45.4 Å². The fourth-order valence-electron chi connectivity index (χ4n) is 2.43. The molecule has 6 nitrogen and oxygen atoms in total. The molecular weight excluding hydrogens is 324 g/mol. The highest BCUT2D eigenvalue weighted by Crippen LogP contribution is 2.25. The smallest absolute Gasteiger partial charge is 0.337 e. The lowest BCUT2D eigenvalue weighted by Gasteiger charge is -2.21. The van der Waals surface area contributed by atoms with Gasteiger partial charge in [-0.2, -0.15) is 0 Å². The SMILES string of the molecule is C=CC(=O)OC=C(C)C(=O)OCC(OC1=CCCC1)OC1=CCCC1. The first-order valence-corrected chi connectivity index (χ1v) is 8.47. The van der Waals surface area contributed by atoms with Crippen molar-refractivity contribution in [2.24, 2.45) is 0 Å². The minimum Gasteiger partial charge on any atom is -0.456 e. The van der Waals surface area contributed by atoms with E-state index >= 15 is 0 Å². The predicted octanol–water partition coefficient (Wildman–Crippen LogP) is 3.66. The van der Waals surface area contributed by atoms with E-state index in [1.807, 2.05) is 12.2 Å². The highest BCUT2D eigenvalue weighted by Gasteiger charge is 2.21. The molecule has 0 fully saturated rings. The Morgan fingerprint density at radius 1 is 1.16 bits per heavy atom. The van der Waals surface area contributed by atoms with Crippen LogP contribution in [0.4, 0.5) is 0 Å². The maximum Gasteiger partial charge on any atom is 0.337 e. The third-order valence-electron chi connectivity index (χ3n) is 3.76. The zero-order chi connectivity index (χ0) is 18.1. The van der Waals surface area contributed by atoms with Crippen LogP contribution in [0, 0.1) is 0 Å². The molecule has 2 aliphatic carbocycles. The summed E-state index contributed by atoms with van der Waals surface area (Å²) < 4.78 is 21.6. The second-order valence-corrected chi connectivity index (χ2v) is 5.83. The molecule has 0 aliphatic heterocycles. The molecule has 136 valence electrons. The van der Waals surface area contributed by atoms with Crippen molar-refractivity contribution in [2.45, 2.75) is 51.7 Å². The van der Waals surface area contributed by atoms with Gasteiger partial charge in [0.05, 0.1) is 17.1 Å². The van der Waals surface area contributed by atoms with Gasteiger partial charge in [0.25, 0.3) is 6.29 Å². The van der Waals surface area contributed by atoms with Crippen molar-refractivity contribution in [1.29, 1.82) is 0 Å². The molecule has 2 rings (SSSR count). The molecule has 0 aromatic carbocycles. The van der Waals surface area contributed by atoms with Crippen molar-refractivity contribution < 1.29 is 28.5 Å². The number of ether oxygens (including phenoxy) is 4. The molecule has 2 aliphatic rings. The van der Waals surface area contributed by atoms with Crippen LogP contribution in [0.25, 0.3) is 0 Å². The number of carbonyl (C=O) groups is 2. The third-order valence-corrected chi connectivity index (χ3v) is 3.76. The van der Waals surface area contributed by atoms with Crippen molar-refractivity contribution in [3.05, 3.63) is 48.2 Å². The van der Waals surface area contributed by atoms with Gasteiger partial charge in [-0.3, -0.25) is 0 Å². The normalized spacial score (nSPS) is 17.0. The van der Waals surface area contributed by atoms with Gasteiger partial charge in [-0.15, -0.1) is 0 Å². The quantitative estimate of drug-likeness (QED) is 0.274. The first kappa shape index (κ1) is 18.8. The average molecular weight is 348 g/mol. The van der Waals surface area contributed by atoms with Crippen LogP contribution in [0.3, 0.4) is 0 Å². The van der Waals surface area contributed by atoms with Gasteiger partial charge < -0.3 is 18.9 Å². The lowest BCUT2D eigenvalue weighted by molar-refractivity contribution is -0.159. The lowest BCUT2D eigenvalue weighted by Crippen LogP contribution is -2.25. The van der Waals surface area contributed by atoms with Gasteiger partial charge in [-0.1, -0.05) is 6.58 Å². The third kappa shape index (κ3) is 6.49. The number of allylic oxidation sites excluding steroid dienone is 4. The van der Waals surface area contributed by atoms with Gasteiger partial charge in [0.2, 0.25) is 0 Å². The highest BCUT2D eigenvalue weighted by molar-refractivity contribution is 5.88. The van der Waals surface area contributed by atoms with Crippen LogP contribution < -0.4 is 0 Å². The van der Waals surface area contributed by atoms with Gasteiger partial charge in [-0.25, -0.2) is 9.59 Å². The minimum absolute atomic E-state index is 0.0475. The lowest BCUT2D eigenvalue weighted by atomic mass is 10.3. The molecule has 0 atom stereocenters. The predicted molar refractivity (Wildman–Crippen MR) is 90.8 cm³/mol. The molecule has 0 saturated heterocycles. The number of carbonyl (C=O) groups excluding carboxylic acids is 2. The Labute approximate surface area is 147 Å². The Morgan fingerprint density at radius 2 is 1.76 bits per heavy atom. The van der Waals surface area contributed by atoms with Crippen molar-refractivity contribution in [3.8, 4) is 0 Å². The Balaban J connectivity index is 1.87. The van der Waals surface area contributed by atoms with E-state index in [0.29, 0.717) is 0 Å². The zero-order valence-corrected chi connectivity index (χ0v) is 14.5. The second kappa shape index (κ2) is 9.71. The van der Waals surface area contributed by atoms with E-state index in [4.69, 9.17) is 18.9 Å². The zero-order valence-electron chi connectivity index (χ0n) is 14.5. The van der Waals surface area contributed by atoms with Crippen LogP contribution in [0.5, 0.6) is 0 Å². The number of hydrogen-bond acceptors (Lipinski definition) is 6. The molecule has 0 aromatic heterocycles. The van der Waals surface area contributed by atoms with Crippen LogP contribution >= 0.6 is 0 Å². The topological polar surface area (TPSA) is 71.1 Å². The Morgan fingerprint density at radius 3 is 2.24 bits per heavy atom. The van der Waals surface area contributed by atoms with Crippen LogP contribution in [-0.4, -0.2) is 24.8 Å². The van der Waals surface area contributed by atoms with Crippen molar-refractivity contribution >= 4 is 11.9 Å². The fourth-order valence-corrected chi connectivity index (χ4v) is 2.43. The molecule has 0 spiro atoms. The monoisotopic (exact) mass is 348 g/mol. The first-order chi connectivity index (χ1) is 12.1. The number of esters is 2. The molecule has 0 heterocycles. The molecule has 0 aromatic rings. The average Bonchev–Trinajstić information content (AvgIpc) is 3.30. The molecule has 25 heavy (non-hydrogen) atoms. The largest absolute Gasteiger partial charge is 0.456 e. The van der Waals surface area contributed by atoms with Gasteiger partial charge in [-0.05, 0) is 44.8 Å². The maximum atomic E-state index is 12.0. The van der Waals surface area contributed by atoms with Gasteiger partial charge >= 0.3 is 11.9 Å². The second-order valence-electron chi connectivity index (χ2n) is 5.83. The van der Waals surface area contributed by atoms with Crippen molar-refractivity contribution in [3.63, 3.8) is 0 Å². The van der Waals surface area contributed by atoms with E-state index in [1.54, 1.807) is 0 Å². The van der Waals surface area contributed by atoms with Gasteiger partial charge in [0.15, 0.2) is 6.61 Å². The van der Waals surface area contributed by atoms with Crippen LogP contribution in [0.2, 0.25) is 0 Å². The summed E-state index contributed by atoms with van der Waals surface area (Å²) in [4.78, 5) is 23.0. The molecular formula is C19H24O6. The van der Waals surface area contributed by atoms with E-state index in [1.165, 1.54) is 6.92 Å². The molecule has 0 N–H and O–H groups in total. The molecule has 0 unspecified atom stereocenters. The summed E-state index contributed by atoms with van der Waals surface area (Å²) in [6, 6.07) is 0. The minimum atomic E-state index is -0.679. The summed E-state index contributed by atoms with van der Waals surface area (Å²) in [7, 11) is 0. The maximum absolute atomic E-state index is 12.0. The van der Waals surface area contributed by atoms with Crippen LogP contribution in [-0.2, 0) is 28.5 Å². The van der Waals surface area contributed by atoms with Crippen molar-refractivity contribution in [1.82, 2.24) is 0 Å². The summed E-state index contributed by atoms with van der Waals surface area (Å²) in [6.07, 6.45) is 11.2. The molecule has 0 bridgehead atoms. The molecule has 0 radical (unpaired) electrons. The Kier molecular flexibility index (Phi) is 7.32. The molecule has 0 amide bonds. The Hall–Kier alpha value is -2.50. The van der Waals surface area contributed by atoms with Crippen molar-refractivity contribution in [2.75, 3.05) is 6.61 Å². The van der Waals surface area contributed by atoms with Gasteiger partial charge in [0, 0.05) is 18.9 Å². The standard InChI is InChI=1S/C19H24O6/c1-3-17(20)22-12-14(2)19(21)23-13-18(24-15-8-4-5-9-15)25-16-10-6-7-11-16/h3,8,10,12,18H,1,4-7,9,11,13H2,2H3. The van der Waals surface area contributed by atoms with Gasteiger partial charge in [0.1, 0.15) is 6.26 Å². The number of hydrogen-bond donors (Lipinski definition) is 0. The summed E-state index contributed by atoms with van der Waals surface area (Å²) >= 11 is 0. The first-order valence-electron chi connectivity index (χ1n) is 8.47. The summed E-state index contributed by atoms with van der Waals surface area (Å²) in [5.41, 5.74) is 0.161.